The van der Waals surface area contributed by atoms with Crippen LogP contribution in [0.1, 0.15) is 37.8 Å². The maximum absolute atomic E-state index is 13.0. The second-order valence-corrected chi connectivity index (χ2v) is 8.93. The van der Waals surface area contributed by atoms with Gasteiger partial charge in [0, 0.05) is 22.9 Å². The average Bonchev–Trinajstić information content (AvgIpc) is 3.22. The zero-order chi connectivity index (χ0) is 15.8. The predicted octanol–water partition coefficient (Wildman–Crippen LogP) is 4.31. The molecule has 1 aromatic carbocycles. The van der Waals surface area contributed by atoms with Crippen LogP contribution in [0.3, 0.4) is 0 Å². The highest BCUT2D eigenvalue weighted by molar-refractivity contribution is 9.10. The third kappa shape index (κ3) is 3.81. The summed E-state index contributed by atoms with van der Waals surface area (Å²) in [4.78, 5) is 0.363. The van der Waals surface area contributed by atoms with E-state index in [0.717, 1.165) is 28.4 Å². The molecular formula is C15H21BrClNO2S. The van der Waals surface area contributed by atoms with Crippen LogP contribution in [0.15, 0.2) is 21.5 Å². The highest BCUT2D eigenvalue weighted by Crippen LogP contribution is 2.34. The summed E-state index contributed by atoms with van der Waals surface area (Å²) >= 11 is 9.32. The van der Waals surface area contributed by atoms with Gasteiger partial charge in [-0.25, -0.2) is 8.42 Å². The first kappa shape index (κ1) is 17.3. The Hall–Kier alpha value is -0.100. The molecule has 1 aliphatic carbocycles. The minimum atomic E-state index is -3.50. The van der Waals surface area contributed by atoms with E-state index in [0.29, 0.717) is 23.2 Å². The van der Waals surface area contributed by atoms with Crippen LogP contribution in [0.4, 0.5) is 0 Å². The fraction of sp³-hybridized carbons (Fsp3) is 0.600. The lowest BCUT2D eigenvalue weighted by molar-refractivity contribution is 0.341. The van der Waals surface area contributed by atoms with E-state index in [1.807, 2.05) is 26.8 Å². The molecule has 0 atom stereocenters. The van der Waals surface area contributed by atoms with Gasteiger partial charge < -0.3 is 0 Å². The van der Waals surface area contributed by atoms with Crippen molar-refractivity contribution in [2.75, 3.05) is 6.54 Å². The van der Waals surface area contributed by atoms with Crippen molar-refractivity contribution >= 4 is 37.6 Å². The fourth-order valence-electron chi connectivity index (χ4n) is 2.32. The lowest BCUT2D eigenvalue weighted by Crippen LogP contribution is -2.38. The van der Waals surface area contributed by atoms with Gasteiger partial charge in [-0.15, -0.1) is 11.6 Å². The molecule has 1 aromatic rings. The Morgan fingerprint density at radius 1 is 1.38 bits per heavy atom. The standard InChI is InChI=1S/C15H21BrClNO2S/c1-10(2)18(9-12-4-5-12)21(19,20)15-7-13(8-17)6-14(16)11(15)3/h6-7,10,12H,4-5,8-9H2,1-3H3. The van der Waals surface area contributed by atoms with Crippen molar-refractivity contribution in [3.63, 3.8) is 0 Å². The minimum Gasteiger partial charge on any atom is -0.207 e. The molecule has 6 heteroatoms. The van der Waals surface area contributed by atoms with Gasteiger partial charge in [0.05, 0.1) is 4.90 Å². The Bertz CT molecular complexity index is 627. The van der Waals surface area contributed by atoms with Gasteiger partial charge >= 0.3 is 0 Å². The molecule has 0 N–H and O–H groups in total. The van der Waals surface area contributed by atoms with Gasteiger partial charge in [0.15, 0.2) is 0 Å². The van der Waals surface area contributed by atoms with Crippen LogP contribution in [0.5, 0.6) is 0 Å². The first-order valence-corrected chi connectivity index (χ1v) is 9.91. The SMILES string of the molecule is Cc1c(Br)cc(CCl)cc1S(=O)(=O)N(CC1CC1)C(C)C. The Labute approximate surface area is 140 Å². The molecule has 0 bridgehead atoms. The van der Waals surface area contributed by atoms with Crippen molar-refractivity contribution in [1.29, 1.82) is 0 Å². The largest absolute Gasteiger partial charge is 0.243 e. The molecule has 0 unspecified atom stereocenters. The van der Waals surface area contributed by atoms with Crippen LogP contribution in [-0.2, 0) is 15.9 Å². The van der Waals surface area contributed by atoms with Crippen LogP contribution in [0.25, 0.3) is 0 Å². The number of sulfonamides is 1. The second-order valence-electron chi connectivity index (χ2n) is 5.95. The summed E-state index contributed by atoms with van der Waals surface area (Å²) in [6, 6.07) is 3.53. The Kier molecular flexibility index (Phi) is 5.40. The number of benzene rings is 1. The smallest absolute Gasteiger partial charge is 0.207 e. The van der Waals surface area contributed by atoms with E-state index in [4.69, 9.17) is 11.6 Å². The van der Waals surface area contributed by atoms with Crippen molar-refractivity contribution in [1.82, 2.24) is 4.31 Å². The van der Waals surface area contributed by atoms with Gasteiger partial charge in [-0.3, -0.25) is 0 Å². The molecule has 21 heavy (non-hydrogen) atoms. The molecule has 3 nitrogen and oxygen atoms in total. The molecule has 0 spiro atoms. The topological polar surface area (TPSA) is 37.4 Å². The zero-order valence-electron chi connectivity index (χ0n) is 12.6. The summed E-state index contributed by atoms with van der Waals surface area (Å²) < 4.78 is 28.5. The Morgan fingerprint density at radius 2 is 2.00 bits per heavy atom. The van der Waals surface area contributed by atoms with Crippen molar-refractivity contribution in [2.24, 2.45) is 5.92 Å². The van der Waals surface area contributed by atoms with Gasteiger partial charge in [0.2, 0.25) is 10.0 Å². The molecule has 0 aliphatic heterocycles. The molecule has 0 heterocycles. The number of hydrogen-bond acceptors (Lipinski definition) is 2. The van der Waals surface area contributed by atoms with Crippen molar-refractivity contribution < 1.29 is 8.42 Å². The zero-order valence-corrected chi connectivity index (χ0v) is 15.7. The molecule has 0 aromatic heterocycles. The van der Waals surface area contributed by atoms with E-state index in [-0.39, 0.29) is 6.04 Å². The first-order valence-electron chi connectivity index (χ1n) is 7.14. The molecule has 1 aliphatic rings. The Balaban J connectivity index is 2.48. The second kappa shape index (κ2) is 6.57. The molecule has 118 valence electrons. The van der Waals surface area contributed by atoms with E-state index in [9.17, 15) is 8.42 Å². The van der Waals surface area contributed by atoms with Crippen molar-refractivity contribution in [2.45, 2.75) is 50.4 Å². The predicted molar refractivity (Wildman–Crippen MR) is 90.2 cm³/mol. The normalized spacial score (nSPS) is 16.0. The number of halogens is 2. The lowest BCUT2D eigenvalue weighted by Gasteiger charge is -2.27. The van der Waals surface area contributed by atoms with Crippen LogP contribution >= 0.6 is 27.5 Å². The van der Waals surface area contributed by atoms with E-state index in [2.05, 4.69) is 15.9 Å². The Morgan fingerprint density at radius 3 is 2.48 bits per heavy atom. The van der Waals surface area contributed by atoms with Gasteiger partial charge in [-0.05, 0) is 62.8 Å². The summed E-state index contributed by atoms with van der Waals surface area (Å²) in [6.45, 7) is 6.29. The highest BCUT2D eigenvalue weighted by atomic mass is 79.9. The maximum Gasteiger partial charge on any atom is 0.243 e. The quantitative estimate of drug-likeness (QED) is 0.674. The number of alkyl halides is 1. The molecule has 0 saturated heterocycles. The van der Waals surface area contributed by atoms with Gasteiger partial charge in [-0.1, -0.05) is 15.9 Å². The van der Waals surface area contributed by atoms with Crippen LogP contribution in [0.2, 0.25) is 0 Å². The summed E-state index contributed by atoms with van der Waals surface area (Å²) in [5.74, 6) is 0.813. The molecule has 2 rings (SSSR count). The van der Waals surface area contributed by atoms with E-state index in [1.54, 1.807) is 10.4 Å². The molecule has 1 saturated carbocycles. The summed E-state index contributed by atoms with van der Waals surface area (Å²) in [7, 11) is -3.50. The fourth-order valence-corrected chi connectivity index (χ4v) is 5.12. The molecular weight excluding hydrogens is 374 g/mol. The number of hydrogen-bond donors (Lipinski definition) is 0. The number of nitrogens with zero attached hydrogens (tertiary/aromatic N) is 1. The van der Waals surface area contributed by atoms with Gasteiger partial charge in [0.25, 0.3) is 0 Å². The van der Waals surface area contributed by atoms with E-state index in [1.165, 1.54) is 0 Å². The van der Waals surface area contributed by atoms with Crippen LogP contribution in [-0.4, -0.2) is 25.3 Å². The minimum absolute atomic E-state index is 0.0477. The summed E-state index contributed by atoms with van der Waals surface area (Å²) in [5, 5.41) is 0. The number of rotatable bonds is 6. The lowest BCUT2D eigenvalue weighted by atomic mass is 10.2. The maximum atomic E-state index is 13.0. The monoisotopic (exact) mass is 393 g/mol. The summed E-state index contributed by atoms with van der Waals surface area (Å²) in [6.07, 6.45) is 2.26. The van der Waals surface area contributed by atoms with Crippen LogP contribution < -0.4 is 0 Å². The summed E-state index contributed by atoms with van der Waals surface area (Å²) in [5.41, 5.74) is 1.55. The van der Waals surface area contributed by atoms with E-state index < -0.39 is 10.0 Å². The van der Waals surface area contributed by atoms with Gasteiger partial charge in [-0.2, -0.15) is 4.31 Å². The third-order valence-corrected chi connectivity index (χ3v) is 7.11. The average molecular weight is 395 g/mol. The molecule has 0 amide bonds. The van der Waals surface area contributed by atoms with Crippen molar-refractivity contribution in [3.8, 4) is 0 Å². The molecule has 1 fully saturated rings. The molecule has 0 radical (unpaired) electrons. The highest BCUT2D eigenvalue weighted by Gasteiger charge is 2.34. The third-order valence-electron chi connectivity index (χ3n) is 3.81. The van der Waals surface area contributed by atoms with E-state index >= 15 is 0 Å². The van der Waals surface area contributed by atoms with Crippen molar-refractivity contribution in [3.05, 3.63) is 27.7 Å². The first-order chi connectivity index (χ1) is 9.77. The van der Waals surface area contributed by atoms with Gasteiger partial charge in [0.1, 0.15) is 0 Å². The van der Waals surface area contributed by atoms with Crippen LogP contribution in [0, 0.1) is 12.8 Å².